The van der Waals surface area contributed by atoms with Gasteiger partial charge in [0.2, 0.25) is 0 Å². The normalized spacial score (nSPS) is 17.3. The number of rotatable bonds is 1. The molecule has 22 heavy (non-hydrogen) atoms. The summed E-state index contributed by atoms with van der Waals surface area (Å²) in [5.74, 6) is -0.631. The van der Waals surface area contributed by atoms with Crippen LogP contribution in [0.2, 0.25) is 0 Å². The Morgan fingerprint density at radius 2 is 1.86 bits per heavy atom. The summed E-state index contributed by atoms with van der Waals surface area (Å²) in [5, 5.41) is 20.0. The molecule has 1 aliphatic heterocycles. The lowest BCUT2D eigenvalue weighted by Gasteiger charge is -2.19. The van der Waals surface area contributed by atoms with Crippen LogP contribution < -0.4 is 0 Å². The van der Waals surface area contributed by atoms with Gasteiger partial charge in [-0.05, 0) is 24.6 Å². The molecule has 0 bridgehead atoms. The van der Waals surface area contributed by atoms with E-state index in [4.69, 9.17) is 0 Å². The molecule has 2 aromatic carbocycles. The zero-order valence-corrected chi connectivity index (χ0v) is 11.9. The Balaban J connectivity index is 2.22. The number of carbonyl (C=O) groups is 1. The van der Waals surface area contributed by atoms with Crippen molar-refractivity contribution in [2.24, 2.45) is 4.99 Å². The first-order valence-electron chi connectivity index (χ1n) is 6.78. The molecule has 0 saturated heterocycles. The van der Waals surface area contributed by atoms with Gasteiger partial charge in [0, 0.05) is 0 Å². The molecular formula is C17H13N3O2. The number of hydrogen-bond acceptors (Lipinski definition) is 4. The zero-order chi connectivity index (χ0) is 15.7. The van der Waals surface area contributed by atoms with E-state index in [2.05, 4.69) is 4.99 Å². The number of hydrogen-bond donors (Lipinski definition) is 1. The van der Waals surface area contributed by atoms with Crippen molar-refractivity contribution in [3.8, 4) is 6.07 Å². The second kappa shape index (κ2) is 5.43. The molecule has 1 unspecified atom stereocenters. The van der Waals surface area contributed by atoms with Crippen LogP contribution in [0.1, 0.15) is 21.5 Å². The Morgan fingerprint density at radius 3 is 2.55 bits per heavy atom. The zero-order valence-electron chi connectivity index (χ0n) is 11.9. The largest absolute Gasteiger partial charge is 0.284 e. The van der Waals surface area contributed by atoms with Gasteiger partial charge in [-0.3, -0.25) is 10.0 Å². The highest BCUT2D eigenvalue weighted by Crippen LogP contribution is 2.27. The SMILES string of the molecule is Cc1ccc(C2=Nc3ccccc3C(=O)N(O)C2C#N)cc1. The molecule has 3 rings (SSSR count). The maximum atomic E-state index is 12.3. The number of nitriles is 1. The minimum absolute atomic E-state index is 0.271. The van der Waals surface area contributed by atoms with Crippen molar-refractivity contribution in [2.75, 3.05) is 0 Å². The van der Waals surface area contributed by atoms with E-state index >= 15 is 0 Å². The lowest BCUT2D eigenvalue weighted by Crippen LogP contribution is -2.41. The van der Waals surface area contributed by atoms with Crippen LogP contribution in [-0.4, -0.2) is 27.9 Å². The average Bonchev–Trinajstić information content (AvgIpc) is 2.64. The summed E-state index contributed by atoms with van der Waals surface area (Å²) in [7, 11) is 0. The van der Waals surface area contributed by atoms with Crippen molar-refractivity contribution in [1.29, 1.82) is 5.26 Å². The quantitative estimate of drug-likeness (QED) is 0.821. The van der Waals surface area contributed by atoms with Crippen molar-refractivity contribution in [3.05, 3.63) is 65.2 Å². The fraction of sp³-hybridized carbons (Fsp3) is 0.118. The molecule has 0 aromatic heterocycles. The van der Waals surface area contributed by atoms with Crippen LogP contribution >= 0.6 is 0 Å². The molecular weight excluding hydrogens is 278 g/mol. The van der Waals surface area contributed by atoms with E-state index in [1.165, 1.54) is 0 Å². The third kappa shape index (κ3) is 2.26. The highest BCUT2D eigenvalue weighted by atomic mass is 16.5. The highest BCUT2D eigenvalue weighted by molar-refractivity contribution is 6.13. The van der Waals surface area contributed by atoms with Gasteiger partial charge in [0.25, 0.3) is 5.91 Å². The predicted octanol–water partition coefficient (Wildman–Crippen LogP) is 2.85. The van der Waals surface area contributed by atoms with E-state index in [0.29, 0.717) is 22.0 Å². The summed E-state index contributed by atoms with van der Waals surface area (Å²) in [6.45, 7) is 1.96. The molecule has 1 aliphatic rings. The summed E-state index contributed by atoms with van der Waals surface area (Å²) in [5.41, 5.74) is 2.83. The van der Waals surface area contributed by atoms with Gasteiger partial charge in [-0.2, -0.15) is 10.3 Å². The third-order valence-corrected chi connectivity index (χ3v) is 3.56. The molecule has 1 heterocycles. The average molecular weight is 291 g/mol. The molecule has 1 N–H and O–H groups in total. The minimum Gasteiger partial charge on any atom is -0.284 e. The predicted molar refractivity (Wildman–Crippen MR) is 81.2 cm³/mol. The van der Waals surface area contributed by atoms with Crippen LogP contribution in [0.3, 0.4) is 0 Å². The van der Waals surface area contributed by atoms with Crippen molar-refractivity contribution >= 4 is 17.3 Å². The number of carbonyl (C=O) groups excluding carboxylic acids is 1. The Morgan fingerprint density at radius 1 is 1.18 bits per heavy atom. The van der Waals surface area contributed by atoms with Gasteiger partial charge in [0.15, 0.2) is 6.04 Å². The second-order valence-corrected chi connectivity index (χ2v) is 5.06. The number of para-hydroxylation sites is 1. The first-order chi connectivity index (χ1) is 10.6. The van der Waals surface area contributed by atoms with Crippen LogP contribution in [0.4, 0.5) is 5.69 Å². The van der Waals surface area contributed by atoms with Gasteiger partial charge in [0.1, 0.15) is 0 Å². The van der Waals surface area contributed by atoms with E-state index in [9.17, 15) is 15.3 Å². The summed E-state index contributed by atoms with van der Waals surface area (Å²) < 4.78 is 0. The van der Waals surface area contributed by atoms with Crippen molar-refractivity contribution in [3.63, 3.8) is 0 Å². The molecule has 0 spiro atoms. The molecule has 2 aromatic rings. The Bertz CT molecular complexity index is 803. The summed E-state index contributed by atoms with van der Waals surface area (Å²) in [4.78, 5) is 16.8. The van der Waals surface area contributed by atoms with Crippen molar-refractivity contribution in [2.45, 2.75) is 13.0 Å². The number of aryl methyl sites for hydroxylation is 1. The molecule has 0 aliphatic carbocycles. The Kier molecular flexibility index (Phi) is 3.45. The van der Waals surface area contributed by atoms with Crippen LogP contribution in [-0.2, 0) is 0 Å². The first-order valence-corrected chi connectivity index (χ1v) is 6.78. The Labute approximate surface area is 127 Å². The van der Waals surface area contributed by atoms with Crippen molar-refractivity contribution < 1.29 is 10.0 Å². The topological polar surface area (TPSA) is 76.7 Å². The van der Waals surface area contributed by atoms with Crippen LogP contribution in [0.15, 0.2) is 53.5 Å². The highest BCUT2D eigenvalue weighted by Gasteiger charge is 2.33. The van der Waals surface area contributed by atoms with Gasteiger partial charge in [-0.1, -0.05) is 42.0 Å². The third-order valence-electron chi connectivity index (χ3n) is 3.56. The summed E-state index contributed by atoms with van der Waals surface area (Å²) >= 11 is 0. The fourth-order valence-corrected chi connectivity index (χ4v) is 2.36. The van der Waals surface area contributed by atoms with Crippen LogP contribution in [0.5, 0.6) is 0 Å². The van der Waals surface area contributed by atoms with E-state index in [1.807, 2.05) is 37.3 Å². The van der Waals surface area contributed by atoms with E-state index in [-0.39, 0.29) is 5.56 Å². The molecule has 5 heteroatoms. The standard InChI is InChI=1S/C17H13N3O2/c1-11-6-8-12(9-7-11)16-15(10-18)20(22)17(21)13-4-2-3-5-14(13)19-16/h2-9,15,22H,1H3. The molecule has 0 radical (unpaired) electrons. The molecule has 1 amide bonds. The van der Waals surface area contributed by atoms with E-state index in [0.717, 1.165) is 5.56 Å². The van der Waals surface area contributed by atoms with Crippen molar-refractivity contribution in [1.82, 2.24) is 5.06 Å². The minimum atomic E-state index is -1.15. The monoisotopic (exact) mass is 291 g/mol. The number of benzene rings is 2. The number of fused-ring (bicyclic) bond motifs is 1. The molecule has 5 nitrogen and oxygen atoms in total. The number of nitrogens with zero attached hydrogens (tertiary/aromatic N) is 3. The molecule has 1 atom stereocenters. The number of amides is 1. The second-order valence-electron chi connectivity index (χ2n) is 5.06. The molecule has 0 saturated carbocycles. The van der Waals surface area contributed by atoms with Gasteiger partial charge in [-0.25, -0.2) is 4.99 Å². The van der Waals surface area contributed by atoms with Gasteiger partial charge in [-0.15, -0.1) is 0 Å². The lowest BCUT2D eigenvalue weighted by molar-refractivity contribution is -0.0600. The molecule has 0 fully saturated rings. The van der Waals surface area contributed by atoms with E-state index < -0.39 is 11.9 Å². The maximum absolute atomic E-state index is 12.3. The number of aliphatic imine (C=N–C) groups is 1. The fourth-order valence-electron chi connectivity index (χ4n) is 2.36. The van der Waals surface area contributed by atoms with Crippen LogP contribution in [0, 0.1) is 18.3 Å². The maximum Gasteiger partial charge on any atom is 0.281 e. The summed E-state index contributed by atoms with van der Waals surface area (Å²) in [6, 6.07) is 15.0. The molecule has 108 valence electrons. The van der Waals surface area contributed by atoms with Gasteiger partial charge in [0.05, 0.1) is 23.0 Å². The van der Waals surface area contributed by atoms with Gasteiger partial charge >= 0.3 is 0 Å². The smallest absolute Gasteiger partial charge is 0.281 e. The van der Waals surface area contributed by atoms with E-state index in [1.54, 1.807) is 24.3 Å². The van der Waals surface area contributed by atoms with Gasteiger partial charge < -0.3 is 0 Å². The number of hydroxylamine groups is 2. The Hall–Kier alpha value is -2.97. The summed E-state index contributed by atoms with van der Waals surface area (Å²) in [6.07, 6.45) is 0. The van der Waals surface area contributed by atoms with Crippen LogP contribution in [0.25, 0.3) is 0 Å². The lowest BCUT2D eigenvalue weighted by atomic mass is 10.0. The first kappa shape index (κ1) is 14.0.